The Morgan fingerprint density at radius 1 is 1.47 bits per heavy atom. The first-order chi connectivity index (χ1) is 8.11. The van der Waals surface area contributed by atoms with E-state index in [1.807, 2.05) is 12.1 Å². The summed E-state index contributed by atoms with van der Waals surface area (Å²) in [5.41, 5.74) is 7.13. The maximum absolute atomic E-state index is 12.0. The highest BCUT2D eigenvalue weighted by Crippen LogP contribution is 2.28. The summed E-state index contributed by atoms with van der Waals surface area (Å²) in [6, 6.07) is 5.55. The Morgan fingerprint density at radius 2 is 2.18 bits per heavy atom. The van der Waals surface area contributed by atoms with Gasteiger partial charge in [-0.15, -0.1) is 0 Å². The Labute approximate surface area is 101 Å². The molecule has 1 saturated carbocycles. The van der Waals surface area contributed by atoms with E-state index >= 15 is 0 Å². The van der Waals surface area contributed by atoms with Crippen LogP contribution >= 0.6 is 0 Å². The van der Waals surface area contributed by atoms with Crippen LogP contribution in [0.4, 0.5) is 0 Å². The third-order valence-corrected chi connectivity index (χ3v) is 2.76. The Kier molecular flexibility index (Phi) is 3.33. The standard InChI is InChI=1S/C13H18N2O2/c1-15(2)13(16)12-7-11(17-10-5-6-10)4-3-9(12)8-14/h3-4,7,10H,5-6,8,14H2,1-2H3. The van der Waals surface area contributed by atoms with Gasteiger partial charge in [0.1, 0.15) is 5.75 Å². The zero-order valence-corrected chi connectivity index (χ0v) is 10.3. The minimum atomic E-state index is -0.0355. The van der Waals surface area contributed by atoms with Crippen molar-refractivity contribution in [3.8, 4) is 5.75 Å². The topological polar surface area (TPSA) is 55.6 Å². The lowest BCUT2D eigenvalue weighted by atomic mass is 10.1. The lowest BCUT2D eigenvalue weighted by molar-refractivity contribution is 0.0826. The predicted octanol–water partition coefficient (Wildman–Crippen LogP) is 1.39. The van der Waals surface area contributed by atoms with Crippen molar-refractivity contribution < 1.29 is 9.53 Å². The number of hydrogen-bond donors (Lipinski definition) is 1. The number of carbonyl (C=O) groups is 1. The first kappa shape index (κ1) is 11.9. The van der Waals surface area contributed by atoms with Gasteiger partial charge in [0, 0.05) is 26.2 Å². The quantitative estimate of drug-likeness (QED) is 0.856. The molecule has 0 spiro atoms. The normalized spacial score (nSPS) is 14.5. The number of ether oxygens (including phenoxy) is 1. The lowest BCUT2D eigenvalue weighted by Gasteiger charge is -2.15. The molecule has 1 aliphatic rings. The minimum absolute atomic E-state index is 0.0355. The fourth-order valence-electron chi connectivity index (χ4n) is 1.63. The van der Waals surface area contributed by atoms with Crippen molar-refractivity contribution >= 4 is 5.91 Å². The third kappa shape index (κ3) is 2.77. The summed E-state index contributed by atoms with van der Waals surface area (Å²) < 4.78 is 5.68. The summed E-state index contributed by atoms with van der Waals surface area (Å²) in [6.45, 7) is 0.360. The van der Waals surface area contributed by atoms with Crippen LogP contribution < -0.4 is 10.5 Å². The van der Waals surface area contributed by atoms with Crippen LogP contribution in [-0.4, -0.2) is 31.0 Å². The van der Waals surface area contributed by atoms with Crippen LogP contribution in [0.1, 0.15) is 28.8 Å². The van der Waals surface area contributed by atoms with Crippen molar-refractivity contribution in [1.29, 1.82) is 0 Å². The number of carbonyl (C=O) groups excluding carboxylic acids is 1. The molecular formula is C13H18N2O2. The largest absolute Gasteiger partial charge is 0.490 e. The highest BCUT2D eigenvalue weighted by atomic mass is 16.5. The Balaban J connectivity index is 2.27. The van der Waals surface area contributed by atoms with Crippen molar-refractivity contribution in [2.45, 2.75) is 25.5 Å². The number of nitrogens with two attached hydrogens (primary N) is 1. The predicted molar refractivity (Wildman–Crippen MR) is 66.0 cm³/mol. The van der Waals surface area contributed by atoms with Crippen LogP contribution in [0.25, 0.3) is 0 Å². The summed E-state index contributed by atoms with van der Waals surface area (Å²) in [6.07, 6.45) is 2.55. The van der Waals surface area contributed by atoms with Crippen LogP contribution in [0.3, 0.4) is 0 Å². The number of rotatable bonds is 4. The zero-order chi connectivity index (χ0) is 12.4. The second-order valence-electron chi connectivity index (χ2n) is 4.54. The molecule has 0 bridgehead atoms. The molecule has 1 aromatic carbocycles. The molecule has 1 amide bonds. The van der Waals surface area contributed by atoms with Gasteiger partial charge >= 0.3 is 0 Å². The van der Waals surface area contributed by atoms with Crippen molar-refractivity contribution in [1.82, 2.24) is 4.90 Å². The number of nitrogens with zero attached hydrogens (tertiary/aromatic N) is 1. The molecule has 92 valence electrons. The molecule has 0 radical (unpaired) electrons. The van der Waals surface area contributed by atoms with Crippen LogP contribution in [-0.2, 0) is 6.54 Å². The van der Waals surface area contributed by atoms with E-state index in [9.17, 15) is 4.79 Å². The Morgan fingerprint density at radius 3 is 2.71 bits per heavy atom. The number of benzene rings is 1. The van der Waals surface area contributed by atoms with Crippen LogP contribution in [0.15, 0.2) is 18.2 Å². The molecular weight excluding hydrogens is 216 g/mol. The maximum Gasteiger partial charge on any atom is 0.253 e. The monoisotopic (exact) mass is 234 g/mol. The molecule has 0 saturated heterocycles. The molecule has 1 aliphatic carbocycles. The van der Waals surface area contributed by atoms with Crippen molar-refractivity contribution in [2.24, 2.45) is 5.73 Å². The highest BCUT2D eigenvalue weighted by molar-refractivity contribution is 5.95. The molecule has 4 nitrogen and oxygen atoms in total. The second kappa shape index (κ2) is 4.75. The lowest BCUT2D eigenvalue weighted by Crippen LogP contribution is -2.23. The van der Waals surface area contributed by atoms with E-state index in [4.69, 9.17) is 10.5 Å². The molecule has 0 aliphatic heterocycles. The average molecular weight is 234 g/mol. The maximum atomic E-state index is 12.0. The van der Waals surface area contributed by atoms with Gasteiger partial charge in [0.05, 0.1) is 6.10 Å². The summed E-state index contributed by atoms with van der Waals surface area (Å²) in [7, 11) is 3.47. The molecule has 1 fully saturated rings. The average Bonchev–Trinajstić information content (AvgIpc) is 3.11. The van der Waals surface area contributed by atoms with E-state index in [2.05, 4.69) is 0 Å². The van der Waals surface area contributed by atoms with E-state index in [1.165, 1.54) is 0 Å². The minimum Gasteiger partial charge on any atom is -0.490 e. The Hall–Kier alpha value is -1.55. The molecule has 1 aromatic rings. The summed E-state index contributed by atoms with van der Waals surface area (Å²) in [5.74, 6) is 0.724. The Bertz CT molecular complexity index is 425. The molecule has 0 unspecified atom stereocenters. The van der Waals surface area contributed by atoms with Gasteiger partial charge in [0.2, 0.25) is 0 Å². The van der Waals surface area contributed by atoms with E-state index < -0.39 is 0 Å². The third-order valence-electron chi connectivity index (χ3n) is 2.76. The van der Waals surface area contributed by atoms with E-state index in [0.717, 1.165) is 24.2 Å². The van der Waals surface area contributed by atoms with Crippen LogP contribution in [0.5, 0.6) is 5.75 Å². The van der Waals surface area contributed by atoms with Crippen molar-refractivity contribution in [3.63, 3.8) is 0 Å². The number of hydrogen-bond acceptors (Lipinski definition) is 3. The summed E-state index contributed by atoms with van der Waals surface area (Å²) in [4.78, 5) is 13.5. The molecule has 2 N–H and O–H groups in total. The van der Waals surface area contributed by atoms with Gasteiger partial charge in [-0.25, -0.2) is 0 Å². The first-order valence-electron chi connectivity index (χ1n) is 5.83. The molecule has 0 atom stereocenters. The SMILES string of the molecule is CN(C)C(=O)c1cc(OC2CC2)ccc1CN. The molecule has 2 rings (SSSR count). The summed E-state index contributed by atoms with van der Waals surface area (Å²) in [5, 5.41) is 0. The summed E-state index contributed by atoms with van der Waals surface area (Å²) >= 11 is 0. The second-order valence-corrected chi connectivity index (χ2v) is 4.54. The van der Waals surface area contributed by atoms with Gasteiger partial charge in [-0.3, -0.25) is 4.79 Å². The first-order valence-corrected chi connectivity index (χ1v) is 5.83. The van der Waals surface area contributed by atoms with Gasteiger partial charge < -0.3 is 15.4 Å². The highest BCUT2D eigenvalue weighted by Gasteiger charge is 2.24. The van der Waals surface area contributed by atoms with Gasteiger partial charge in [0.15, 0.2) is 0 Å². The molecule has 17 heavy (non-hydrogen) atoms. The zero-order valence-electron chi connectivity index (χ0n) is 10.3. The van der Waals surface area contributed by atoms with Crippen LogP contribution in [0.2, 0.25) is 0 Å². The van der Waals surface area contributed by atoms with Gasteiger partial charge in [-0.2, -0.15) is 0 Å². The van der Waals surface area contributed by atoms with Gasteiger partial charge in [-0.05, 0) is 30.5 Å². The van der Waals surface area contributed by atoms with Gasteiger partial charge in [0.25, 0.3) is 5.91 Å². The smallest absolute Gasteiger partial charge is 0.253 e. The van der Waals surface area contributed by atoms with Crippen molar-refractivity contribution in [3.05, 3.63) is 29.3 Å². The van der Waals surface area contributed by atoms with Crippen molar-refractivity contribution in [2.75, 3.05) is 14.1 Å². The van der Waals surface area contributed by atoms with E-state index in [-0.39, 0.29) is 5.91 Å². The fraction of sp³-hybridized carbons (Fsp3) is 0.462. The fourth-order valence-corrected chi connectivity index (χ4v) is 1.63. The van der Waals surface area contributed by atoms with E-state index in [0.29, 0.717) is 18.2 Å². The molecule has 4 heteroatoms. The molecule has 0 heterocycles. The molecule has 0 aromatic heterocycles. The van der Waals surface area contributed by atoms with E-state index in [1.54, 1.807) is 25.1 Å². The number of amides is 1. The van der Waals surface area contributed by atoms with Gasteiger partial charge in [-0.1, -0.05) is 6.07 Å². The van der Waals surface area contributed by atoms with Crippen LogP contribution in [0, 0.1) is 0 Å².